The summed E-state index contributed by atoms with van der Waals surface area (Å²) in [5.41, 5.74) is 0. The molecule has 1 saturated carbocycles. The van der Waals surface area contributed by atoms with Gasteiger partial charge in [-0.15, -0.1) is 11.3 Å². The Balaban J connectivity index is 1.33. The fourth-order valence-electron chi connectivity index (χ4n) is 3.49. The molecule has 2 aromatic heterocycles. The van der Waals surface area contributed by atoms with E-state index < -0.39 is 6.17 Å². The molecule has 130 valence electrons. The number of rotatable bonds is 7. The molecule has 1 saturated heterocycles. The van der Waals surface area contributed by atoms with E-state index in [1.165, 1.54) is 17.7 Å². The second-order valence-corrected chi connectivity index (χ2v) is 8.14. The lowest BCUT2D eigenvalue weighted by atomic mass is 10.2. The van der Waals surface area contributed by atoms with E-state index in [1.807, 2.05) is 0 Å². The Labute approximate surface area is 145 Å². The molecule has 0 bridgehead atoms. The standard InChI is InChI=1S/C17H24FN5S/c1-22(11-16-19-17(21-20-16)12-4-5-12)9-14-7-13(18)8-23(14)10-15-3-2-6-24-15/h2-3,6,12-14H,4-5,7-11H2,1H3,(H,19,20,21)/t13-,14-/m0/s1. The first kappa shape index (κ1) is 16.2. The summed E-state index contributed by atoms with van der Waals surface area (Å²) in [6.45, 7) is 2.99. The van der Waals surface area contributed by atoms with E-state index in [1.54, 1.807) is 11.3 Å². The first-order chi connectivity index (χ1) is 11.7. The molecule has 0 spiro atoms. The molecule has 2 aromatic rings. The van der Waals surface area contributed by atoms with Gasteiger partial charge in [-0.1, -0.05) is 6.07 Å². The van der Waals surface area contributed by atoms with E-state index in [9.17, 15) is 4.39 Å². The molecule has 0 amide bonds. The zero-order chi connectivity index (χ0) is 16.5. The quantitative estimate of drug-likeness (QED) is 0.835. The average molecular weight is 349 g/mol. The summed E-state index contributed by atoms with van der Waals surface area (Å²) in [4.78, 5) is 10.4. The second-order valence-electron chi connectivity index (χ2n) is 7.11. The van der Waals surface area contributed by atoms with Crippen LogP contribution in [0.15, 0.2) is 17.5 Å². The average Bonchev–Trinajstić information content (AvgIpc) is 2.93. The molecular formula is C17H24FN5S. The summed E-state index contributed by atoms with van der Waals surface area (Å²) in [5.74, 6) is 2.45. The molecule has 4 rings (SSSR count). The molecule has 1 N–H and O–H groups in total. The van der Waals surface area contributed by atoms with Crippen LogP contribution in [0.3, 0.4) is 0 Å². The van der Waals surface area contributed by atoms with Crippen LogP contribution in [0.1, 0.15) is 41.7 Å². The van der Waals surface area contributed by atoms with Gasteiger partial charge >= 0.3 is 0 Å². The molecule has 2 atom stereocenters. The third kappa shape index (κ3) is 3.84. The van der Waals surface area contributed by atoms with E-state index in [2.05, 4.69) is 49.5 Å². The highest BCUT2D eigenvalue weighted by Gasteiger charge is 2.33. The number of likely N-dealkylation sites (tertiary alicyclic amines) is 1. The van der Waals surface area contributed by atoms with Crippen LogP contribution in [0.4, 0.5) is 4.39 Å². The number of alkyl halides is 1. The fourth-order valence-corrected chi connectivity index (χ4v) is 4.22. The molecule has 5 nitrogen and oxygen atoms in total. The number of hydrogen-bond donors (Lipinski definition) is 1. The highest BCUT2D eigenvalue weighted by atomic mass is 32.1. The van der Waals surface area contributed by atoms with Crippen LogP contribution in [0.2, 0.25) is 0 Å². The van der Waals surface area contributed by atoms with Crippen molar-refractivity contribution in [3.63, 3.8) is 0 Å². The van der Waals surface area contributed by atoms with Crippen molar-refractivity contribution < 1.29 is 4.39 Å². The number of likely N-dealkylation sites (N-methyl/N-ethyl adjacent to an activating group) is 1. The number of aromatic nitrogens is 3. The largest absolute Gasteiger partial charge is 0.297 e. The summed E-state index contributed by atoms with van der Waals surface area (Å²) in [6, 6.07) is 4.45. The predicted octanol–water partition coefficient (Wildman–Crippen LogP) is 2.79. The van der Waals surface area contributed by atoms with Crippen LogP contribution >= 0.6 is 11.3 Å². The maximum atomic E-state index is 13.9. The van der Waals surface area contributed by atoms with Gasteiger partial charge in [0.15, 0.2) is 5.82 Å². The minimum absolute atomic E-state index is 0.262. The minimum atomic E-state index is -0.713. The van der Waals surface area contributed by atoms with Gasteiger partial charge < -0.3 is 0 Å². The molecule has 1 aliphatic heterocycles. The van der Waals surface area contributed by atoms with Gasteiger partial charge in [-0.2, -0.15) is 5.10 Å². The highest BCUT2D eigenvalue weighted by molar-refractivity contribution is 7.09. The predicted molar refractivity (Wildman–Crippen MR) is 92.7 cm³/mol. The summed E-state index contributed by atoms with van der Waals surface area (Å²) < 4.78 is 13.9. The third-order valence-electron chi connectivity index (χ3n) is 4.85. The summed E-state index contributed by atoms with van der Waals surface area (Å²) in [6.07, 6.45) is 2.34. The molecule has 7 heteroatoms. The topological polar surface area (TPSA) is 48.1 Å². The number of thiophene rings is 1. The van der Waals surface area contributed by atoms with Gasteiger partial charge in [0, 0.05) is 36.5 Å². The lowest BCUT2D eigenvalue weighted by Gasteiger charge is -2.27. The minimum Gasteiger partial charge on any atom is -0.297 e. The smallest absolute Gasteiger partial charge is 0.153 e. The molecule has 0 radical (unpaired) electrons. The first-order valence-electron chi connectivity index (χ1n) is 8.67. The number of hydrogen-bond acceptors (Lipinski definition) is 5. The number of halogens is 1. The van der Waals surface area contributed by atoms with Gasteiger partial charge in [-0.25, -0.2) is 9.37 Å². The van der Waals surface area contributed by atoms with E-state index in [0.29, 0.717) is 18.9 Å². The van der Waals surface area contributed by atoms with E-state index >= 15 is 0 Å². The van der Waals surface area contributed by atoms with Crippen LogP contribution in [0.25, 0.3) is 0 Å². The summed E-state index contributed by atoms with van der Waals surface area (Å²) in [7, 11) is 2.08. The zero-order valence-electron chi connectivity index (χ0n) is 14.0. The van der Waals surface area contributed by atoms with Crippen molar-refractivity contribution in [2.45, 2.75) is 50.5 Å². The second kappa shape index (κ2) is 6.90. The van der Waals surface area contributed by atoms with Gasteiger partial charge in [0.1, 0.15) is 12.0 Å². The van der Waals surface area contributed by atoms with Crippen molar-refractivity contribution in [2.24, 2.45) is 0 Å². The van der Waals surface area contributed by atoms with Crippen molar-refractivity contribution in [3.8, 4) is 0 Å². The van der Waals surface area contributed by atoms with Crippen LogP contribution in [0, 0.1) is 0 Å². The van der Waals surface area contributed by atoms with Crippen LogP contribution < -0.4 is 0 Å². The number of aromatic amines is 1. The van der Waals surface area contributed by atoms with Crippen molar-refractivity contribution >= 4 is 11.3 Å². The van der Waals surface area contributed by atoms with E-state index in [4.69, 9.17) is 0 Å². The number of H-pyrrole nitrogens is 1. The Hall–Kier alpha value is -1.31. The normalized spacial score (nSPS) is 25.0. The van der Waals surface area contributed by atoms with Gasteiger partial charge in [-0.3, -0.25) is 14.9 Å². The number of nitrogens with one attached hydrogen (secondary N) is 1. The maximum Gasteiger partial charge on any atom is 0.153 e. The Morgan fingerprint density at radius 2 is 2.33 bits per heavy atom. The molecule has 2 fully saturated rings. The van der Waals surface area contributed by atoms with E-state index in [-0.39, 0.29) is 6.04 Å². The lowest BCUT2D eigenvalue weighted by Crippen LogP contribution is -2.38. The molecule has 24 heavy (non-hydrogen) atoms. The maximum absolute atomic E-state index is 13.9. The Morgan fingerprint density at radius 1 is 1.46 bits per heavy atom. The lowest BCUT2D eigenvalue weighted by molar-refractivity contribution is 0.180. The van der Waals surface area contributed by atoms with Crippen molar-refractivity contribution in [1.82, 2.24) is 25.0 Å². The zero-order valence-corrected chi connectivity index (χ0v) is 14.8. The molecule has 1 aliphatic carbocycles. The van der Waals surface area contributed by atoms with Gasteiger partial charge in [0.2, 0.25) is 0 Å². The van der Waals surface area contributed by atoms with Crippen molar-refractivity contribution in [3.05, 3.63) is 34.0 Å². The molecular weight excluding hydrogens is 325 g/mol. The fraction of sp³-hybridized carbons (Fsp3) is 0.647. The summed E-state index contributed by atoms with van der Waals surface area (Å²) >= 11 is 1.74. The Kier molecular flexibility index (Phi) is 4.65. The molecule has 2 aliphatic rings. The van der Waals surface area contributed by atoms with Gasteiger partial charge in [-0.05, 0) is 37.8 Å². The van der Waals surface area contributed by atoms with Crippen LogP contribution in [-0.4, -0.2) is 57.3 Å². The van der Waals surface area contributed by atoms with Gasteiger partial charge in [0.05, 0.1) is 6.54 Å². The Bertz CT molecular complexity index is 654. The number of nitrogens with zero attached hydrogens (tertiary/aromatic N) is 4. The molecule has 0 unspecified atom stereocenters. The SMILES string of the molecule is CN(Cc1nc(C2CC2)n[nH]1)C[C@@H]1C[C@H](F)CN1Cc1cccs1. The van der Waals surface area contributed by atoms with Crippen LogP contribution in [0.5, 0.6) is 0 Å². The molecule has 0 aromatic carbocycles. The van der Waals surface area contributed by atoms with Crippen molar-refractivity contribution in [1.29, 1.82) is 0 Å². The van der Waals surface area contributed by atoms with Gasteiger partial charge in [0.25, 0.3) is 0 Å². The Morgan fingerprint density at radius 3 is 3.08 bits per heavy atom. The van der Waals surface area contributed by atoms with Crippen LogP contribution in [-0.2, 0) is 13.1 Å². The summed E-state index contributed by atoms with van der Waals surface area (Å²) in [5, 5.41) is 9.44. The third-order valence-corrected chi connectivity index (χ3v) is 5.71. The monoisotopic (exact) mass is 349 g/mol. The van der Waals surface area contributed by atoms with E-state index in [0.717, 1.165) is 31.3 Å². The molecule has 3 heterocycles. The first-order valence-corrected chi connectivity index (χ1v) is 9.55. The highest BCUT2D eigenvalue weighted by Crippen LogP contribution is 2.37. The van der Waals surface area contributed by atoms with Crippen molar-refractivity contribution in [2.75, 3.05) is 20.1 Å².